The molecule has 0 radical (unpaired) electrons. The van der Waals surface area contributed by atoms with Crippen molar-refractivity contribution in [2.24, 2.45) is 7.05 Å². The molecule has 0 aliphatic carbocycles. The van der Waals surface area contributed by atoms with Crippen LogP contribution in [0, 0.1) is 11.3 Å². The number of nitrogens with one attached hydrogen (secondary N) is 2. The van der Waals surface area contributed by atoms with Gasteiger partial charge < -0.3 is 15.4 Å². The quantitative estimate of drug-likeness (QED) is 0.644. The van der Waals surface area contributed by atoms with Gasteiger partial charge in [0.2, 0.25) is 5.88 Å². The summed E-state index contributed by atoms with van der Waals surface area (Å²) in [5, 5.41) is 19.9. The maximum absolute atomic E-state index is 8.84. The second-order valence-corrected chi connectivity index (χ2v) is 6.80. The van der Waals surface area contributed by atoms with Gasteiger partial charge in [0.15, 0.2) is 0 Å². The molecule has 3 aromatic rings. The van der Waals surface area contributed by atoms with Crippen LogP contribution in [0.25, 0.3) is 11.3 Å². The first-order chi connectivity index (χ1) is 13.7. The molecule has 142 valence electrons. The Labute approximate surface area is 164 Å². The van der Waals surface area contributed by atoms with E-state index in [0.717, 1.165) is 43.0 Å². The van der Waals surface area contributed by atoms with E-state index >= 15 is 0 Å². The highest BCUT2D eigenvalue weighted by molar-refractivity contribution is 5.67. The van der Waals surface area contributed by atoms with Gasteiger partial charge in [-0.05, 0) is 42.8 Å². The molecular formula is C21H22N6O. The van der Waals surface area contributed by atoms with E-state index in [1.54, 1.807) is 6.20 Å². The van der Waals surface area contributed by atoms with Crippen molar-refractivity contribution in [1.29, 1.82) is 5.26 Å². The van der Waals surface area contributed by atoms with Crippen LogP contribution in [-0.2, 0) is 13.5 Å². The van der Waals surface area contributed by atoms with E-state index in [4.69, 9.17) is 10.00 Å². The third kappa shape index (κ3) is 3.97. The van der Waals surface area contributed by atoms with Gasteiger partial charge in [0.1, 0.15) is 6.10 Å². The summed E-state index contributed by atoms with van der Waals surface area (Å²) in [6, 6.07) is 13.9. The second-order valence-electron chi connectivity index (χ2n) is 6.80. The predicted octanol–water partition coefficient (Wildman–Crippen LogP) is 2.36. The molecule has 1 atom stereocenters. The lowest BCUT2D eigenvalue weighted by molar-refractivity contribution is 0.194. The number of fused-ring (bicyclic) bond motifs is 1. The zero-order valence-corrected chi connectivity index (χ0v) is 15.7. The molecule has 0 amide bonds. The van der Waals surface area contributed by atoms with Crippen molar-refractivity contribution in [3.63, 3.8) is 0 Å². The third-order valence-electron chi connectivity index (χ3n) is 4.81. The van der Waals surface area contributed by atoms with Gasteiger partial charge in [-0.15, -0.1) is 0 Å². The molecule has 2 aromatic heterocycles. The number of nitrogens with zero attached hydrogens (tertiary/aromatic N) is 4. The first-order valence-corrected chi connectivity index (χ1v) is 9.31. The molecule has 0 fully saturated rings. The number of rotatable bonds is 6. The van der Waals surface area contributed by atoms with Gasteiger partial charge >= 0.3 is 0 Å². The van der Waals surface area contributed by atoms with E-state index in [1.165, 1.54) is 5.56 Å². The van der Waals surface area contributed by atoms with Crippen LogP contribution < -0.4 is 15.4 Å². The Bertz CT molecular complexity index is 989. The molecule has 7 heteroatoms. The van der Waals surface area contributed by atoms with Gasteiger partial charge in [-0.3, -0.25) is 4.68 Å². The highest BCUT2D eigenvalue weighted by Gasteiger charge is 2.21. The standard InChI is InChI=1S/C21H22N6O/c1-27-20(7-9-26-27)17-10-19-21(25-12-17)28-18(14-24-19)13-23-8-6-15-2-4-16(11-22)5-3-15/h2-5,7,9-10,12,18,23-24H,6,8,13-14H2,1H3. The molecule has 0 saturated heterocycles. The van der Waals surface area contributed by atoms with Crippen molar-refractivity contribution in [2.45, 2.75) is 12.5 Å². The van der Waals surface area contributed by atoms with Gasteiger partial charge in [-0.25, -0.2) is 4.98 Å². The summed E-state index contributed by atoms with van der Waals surface area (Å²) in [4.78, 5) is 4.48. The van der Waals surface area contributed by atoms with E-state index in [1.807, 2.05) is 54.3 Å². The number of pyridine rings is 1. The van der Waals surface area contributed by atoms with Crippen molar-refractivity contribution >= 4 is 5.69 Å². The molecule has 28 heavy (non-hydrogen) atoms. The smallest absolute Gasteiger partial charge is 0.237 e. The lowest BCUT2D eigenvalue weighted by atomic mass is 10.1. The van der Waals surface area contributed by atoms with Crippen LogP contribution in [0.15, 0.2) is 48.8 Å². The molecule has 1 aliphatic heterocycles. The van der Waals surface area contributed by atoms with Gasteiger partial charge in [0.05, 0.1) is 29.6 Å². The highest BCUT2D eigenvalue weighted by Crippen LogP contribution is 2.30. The Balaban J connectivity index is 1.28. The maximum atomic E-state index is 8.84. The largest absolute Gasteiger partial charge is 0.470 e. The number of anilines is 1. The molecule has 3 heterocycles. The van der Waals surface area contributed by atoms with Crippen LogP contribution in [0.4, 0.5) is 5.69 Å². The normalized spacial score (nSPS) is 15.2. The van der Waals surface area contributed by atoms with Crippen LogP contribution >= 0.6 is 0 Å². The average Bonchev–Trinajstić information content (AvgIpc) is 3.17. The Morgan fingerprint density at radius 3 is 2.93 bits per heavy atom. The fourth-order valence-electron chi connectivity index (χ4n) is 3.25. The van der Waals surface area contributed by atoms with Crippen molar-refractivity contribution in [1.82, 2.24) is 20.1 Å². The third-order valence-corrected chi connectivity index (χ3v) is 4.81. The first kappa shape index (κ1) is 18.0. The van der Waals surface area contributed by atoms with E-state index in [-0.39, 0.29) is 6.10 Å². The molecule has 7 nitrogen and oxygen atoms in total. The molecule has 4 rings (SSSR count). The van der Waals surface area contributed by atoms with Crippen molar-refractivity contribution in [3.05, 3.63) is 59.9 Å². The number of benzene rings is 1. The predicted molar refractivity (Wildman–Crippen MR) is 107 cm³/mol. The van der Waals surface area contributed by atoms with E-state index in [9.17, 15) is 0 Å². The first-order valence-electron chi connectivity index (χ1n) is 9.31. The Kier molecular flexibility index (Phi) is 5.22. The van der Waals surface area contributed by atoms with Crippen molar-refractivity contribution < 1.29 is 4.74 Å². The summed E-state index contributed by atoms with van der Waals surface area (Å²) >= 11 is 0. The summed E-state index contributed by atoms with van der Waals surface area (Å²) in [6.45, 7) is 2.33. The van der Waals surface area contributed by atoms with Crippen molar-refractivity contribution in [2.75, 3.05) is 25.0 Å². The van der Waals surface area contributed by atoms with Gasteiger partial charge in [0, 0.05) is 31.5 Å². The Hall–Kier alpha value is -3.37. The minimum Gasteiger partial charge on any atom is -0.470 e. The van der Waals surface area contributed by atoms with Crippen molar-refractivity contribution in [3.8, 4) is 23.2 Å². The number of ether oxygens (including phenoxy) is 1. The maximum Gasteiger partial charge on any atom is 0.237 e. The van der Waals surface area contributed by atoms with Crippen LogP contribution in [0.3, 0.4) is 0 Å². The molecule has 1 aromatic carbocycles. The number of nitriles is 1. The summed E-state index contributed by atoms with van der Waals surface area (Å²) < 4.78 is 7.85. The lowest BCUT2D eigenvalue weighted by Crippen LogP contribution is -2.40. The molecule has 0 spiro atoms. The highest BCUT2D eigenvalue weighted by atomic mass is 16.5. The number of hydrogen-bond acceptors (Lipinski definition) is 6. The van der Waals surface area contributed by atoms with Gasteiger partial charge in [-0.2, -0.15) is 10.4 Å². The minimum absolute atomic E-state index is 0.0310. The topological polar surface area (TPSA) is 87.8 Å². The van der Waals surface area contributed by atoms with E-state index in [2.05, 4.69) is 26.8 Å². The number of hydrogen-bond donors (Lipinski definition) is 2. The molecule has 1 aliphatic rings. The monoisotopic (exact) mass is 374 g/mol. The fourth-order valence-corrected chi connectivity index (χ4v) is 3.25. The van der Waals surface area contributed by atoms with Crippen LogP contribution in [0.5, 0.6) is 5.88 Å². The number of aromatic nitrogens is 3. The summed E-state index contributed by atoms with van der Waals surface area (Å²) in [5.41, 5.74) is 4.84. The Morgan fingerprint density at radius 1 is 1.32 bits per heavy atom. The van der Waals surface area contributed by atoms with Crippen LogP contribution in [0.2, 0.25) is 0 Å². The van der Waals surface area contributed by atoms with Crippen LogP contribution in [0.1, 0.15) is 11.1 Å². The van der Waals surface area contributed by atoms with Gasteiger partial charge in [-0.1, -0.05) is 12.1 Å². The van der Waals surface area contributed by atoms with Crippen LogP contribution in [-0.4, -0.2) is 40.5 Å². The zero-order chi connectivity index (χ0) is 19.3. The lowest BCUT2D eigenvalue weighted by Gasteiger charge is -2.27. The minimum atomic E-state index is 0.0310. The summed E-state index contributed by atoms with van der Waals surface area (Å²) in [5.74, 6) is 0.635. The van der Waals surface area contributed by atoms with Gasteiger partial charge in [0.25, 0.3) is 0 Å². The SMILES string of the molecule is Cn1nccc1-c1cnc2c(c1)NCC(CNCCc1ccc(C#N)cc1)O2. The van der Waals surface area contributed by atoms with E-state index < -0.39 is 0 Å². The molecule has 0 bridgehead atoms. The Morgan fingerprint density at radius 2 is 2.18 bits per heavy atom. The zero-order valence-electron chi connectivity index (χ0n) is 15.7. The fraction of sp³-hybridized carbons (Fsp3) is 0.286. The second kappa shape index (κ2) is 8.11. The molecule has 0 saturated carbocycles. The van der Waals surface area contributed by atoms with E-state index in [0.29, 0.717) is 11.4 Å². The average molecular weight is 374 g/mol. The summed E-state index contributed by atoms with van der Waals surface area (Å²) in [7, 11) is 1.91. The molecule has 2 N–H and O–H groups in total. The number of aryl methyl sites for hydroxylation is 1. The summed E-state index contributed by atoms with van der Waals surface area (Å²) in [6.07, 6.45) is 4.54. The molecule has 1 unspecified atom stereocenters. The molecular weight excluding hydrogens is 352 g/mol.